The van der Waals surface area contributed by atoms with Crippen molar-refractivity contribution in [1.29, 1.82) is 0 Å². The van der Waals surface area contributed by atoms with Crippen molar-refractivity contribution in [2.75, 3.05) is 0 Å². The molecular weight excluding hydrogens is 470 g/mol. The smallest absolute Gasteiger partial charge is 0.275 e. The van der Waals surface area contributed by atoms with E-state index in [1.807, 2.05) is 0 Å². The quantitative estimate of drug-likeness (QED) is 0.317. The number of rotatable bonds is 6. The Balaban J connectivity index is 1.69. The third-order valence-electron chi connectivity index (χ3n) is 3.95. The number of para-hydroxylation sites is 1. The van der Waals surface area contributed by atoms with Crippen LogP contribution in [-0.2, 0) is 6.61 Å². The van der Waals surface area contributed by atoms with Gasteiger partial charge in [0.25, 0.3) is 5.91 Å². The summed E-state index contributed by atoms with van der Waals surface area (Å²) in [4.78, 5) is 12.5. The van der Waals surface area contributed by atoms with Gasteiger partial charge in [0.2, 0.25) is 0 Å². The number of ether oxygens (including phenoxy) is 1. The number of benzene rings is 3. The van der Waals surface area contributed by atoms with Crippen LogP contribution in [0.3, 0.4) is 0 Å². The van der Waals surface area contributed by atoms with Crippen molar-refractivity contribution in [3.63, 3.8) is 0 Å². The van der Waals surface area contributed by atoms with Crippen molar-refractivity contribution < 1.29 is 14.6 Å². The third-order valence-corrected chi connectivity index (χ3v) is 5.11. The maximum atomic E-state index is 12.5. The van der Waals surface area contributed by atoms with E-state index in [1.165, 1.54) is 18.3 Å². The zero-order valence-electron chi connectivity index (χ0n) is 15.2. The number of aromatic hydroxyl groups is 1. The number of nitrogens with one attached hydrogen (secondary N) is 1. The van der Waals surface area contributed by atoms with Gasteiger partial charge in [-0.3, -0.25) is 4.79 Å². The molecule has 9 heteroatoms. The molecule has 0 atom stereocenters. The molecule has 1 amide bonds. The topological polar surface area (TPSA) is 70.9 Å². The maximum absolute atomic E-state index is 12.5. The Kier molecular flexibility index (Phi) is 7.45. The van der Waals surface area contributed by atoms with E-state index in [2.05, 4.69) is 10.5 Å². The van der Waals surface area contributed by atoms with Crippen LogP contribution in [0.1, 0.15) is 21.5 Å². The molecular formula is C21H14Cl4N2O3. The monoisotopic (exact) mass is 482 g/mol. The van der Waals surface area contributed by atoms with Crippen LogP contribution in [0.4, 0.5) is 0 Å². The first-order valence-electron chi connectivity index (χ1n) is 8.52. The van der Waals surface area contributed by atoms with E-state index in [0.717, 1.165) is 5.56 Å². The maximum Gasteiger partial charge on any atom is 0.275 e. The highest BCUT2D eigenvalue weighted by molar-refractivity contribution is 6.37. The highest BCUT2D eigenvalue weighted by atomic mass is 35.5. The van der Waals surface area contributed by atoms with Gasteiger partial charge in [-0.15, -0.1) is 0 Å². The molecule has 0 aliphatic rings. The van der Waals surface area contributed by atoms with Crippen molar-refractivity contribution in [2.45, 2.75) is 6.61 Å². The van der Waals surface area contributed by atoms with Gasteiger partial charge in [-0.2, -0.15) is 5.10 Å². The largest absolute Gasteiger partial charge is 0.505 e. The molecule has 3 aromatic rings. The molecule has 0 unspecified atom stereocenters. The lowest BCUT2D eigenvalue weighted by Crippen LogP contribution is -2.18. The standard InChI is InChI=1S/C21H14Cl4N2O3/c22-14-6-5-13(16(23)9-14)11-30-19-4-2-1-3-15(19)21(29)27-26-10-12-7-17(24)20(28)18(25)8-12/h1-10,28H,11H2,(H,27,29)/b26-10-. The zero-order chi connectivity index (χ0) is 21.7. The average molecular weight is 484 g/mol. The predicted octanol–water partition coefficient (Wildman–Crippen LogP) is 6.35. The lowest BCUT2D eigenvalue weighted by molar-refractivity contribution is 0.0950. The fourth-order valence-corrected chi connectivity index (χ4v) is 3.43. The summed E-state index contributed by atoms with van der Waals surface area (Å²) in [5.74, 6) is -0.321. The molecule has 3 rings (SSSR count). The molecule has 0 saturated carbocycles. The summed E-state index contributed by atoms with van der Waals surface area (Å²) < 4.78 is 5.77. The minimum atomic E-state index is -0.472. The number of hydrogen-bond donors (Lipinski definition) is 2. The first-order valence-corrected chi connectivity index (χ1v) is 10.0. The van der Waals surface area contributed by atoms with Crippen LogP contribution >= 0.6 is 46.4 Å². The highest BCUT2D eigenvalue weighted by Gasteiger charge is 2.12. The Morgan fingerprint density at radius 3 is 2.40 bits per heavy atom. The Labute approximate surface area is 192 Å². The number of hydrazone groups is 1. The lowest BCUT2D eigenvalue weighted by atomic mass is 10.2. The molecule has 0 fully saturated rings. The van der Waals surface area contributed by atoms with Gasteiger partial charge in [-0.05, 0) is 42.0 Å². The van der Waals surface area contributed by atoms with Gasteiger partial charge in [-0.25, -0.2) is 5.43 Å². The molecule has 0 aliphatic heterocycles. The molecule has 3 aromatic carbocycles. The van der Waals surface area contributed by atoms with E-state index < -0.39 is 5.91 Å². The van der Waals surface area contributed by atoms with Crippen molar-refractivity contribution in [3.05, 3.63) is 91.4 Å². The van der Waals surface area contributed by atoms with Gasteiger partial charge >= 0.3 is 0 Å². The van der Waals surface area contributed by atoms with Gasteiger partial charge in [0.15, 0.2) is 5.75 Å². The van der Waals surface area contributed by atoms with Crippen LogP contribution in [0, 0.1) is 0 Å². The van der Waals surface area contributed by atoms with Crippen molar-refractivity contribution in [1.82, 2.24) is 5.43 Å². The second kappa shape index (κ2) is 10.0. The molecule has 5 nitrogen and oxygen atoms in total. The predicted molar refractivity (Wildman–Crippen MR) is 120 cm³/mol. The molecule has 2 N–H and O–H groups in total. The van der Waals surface area contributed by atoms with Gasteiger partial charge in [0, 0.05) is 15.6 Å². The normalized spacial score (nSPS) is 10.9. The summed E-state index contributed by atoms with van der Waals surface area (Å²) in [5.41, 5.74) is 3.95. The number of phenols is 1. The Morgan fingerprint density at radius 2 is 1.70 bits per heavy atom. The highest BCUT2D eigenvalue weighted by Crippen LogP contribution is 2.32. The van der Waals surface area contributed by atoms with E-state index >= 15 is 0 Å². The minimum absolute atomic E-state index is 0.0786. The summed E-state index contributed by atoms with van der Waals surface area (Å²) in [6, 6.07) is 14.7. The fourth-order valence-electron chi connectivity index (χ4n) is 2.46. The Hall–Kier alpha value is -2.44. The number of nitrogens with zero attached hydrogens (tertiary/aromatic N) is 1. The van der Waals surface area contributed by atoms with Crippen LogP contribution in [0.15, 0.2) is 59.7 Å². The number of hydrogen-bond acceptors (Lipinski definition) is 4. The van der Waals surface area contributed by atoms with Crippen LogP contribution < -0.4 is 10.2 Å². The van der Waals surface area contributed by atoms with E-state index in [1.54, 1.807) is 42.5 Å². The second-order valence-corrected chi connectivity index (χ2v) is 7.71. The third kappa shape index (κ3) is 5.58. The minimum Gasteiger partial charge on any atom is -0.505 e. The van der Waals surface area contributed by atoms with E-state index in [4.69, 9.17) is 51.1 Å². The van der Waals surface area contributed by atoms with E-state index in [9.17, 15) is 9.90 Å². The van der Waals surface area contributed by atoms with E-state index in [-0.39, 0.29) is 22.4 Å². The van der Waals surface area contributed by atoms with Crippen LogP contribution in [0.25, 0.3) is 0 Å². The number of amides is 1. The molecule has 0 aromatic heterocycles. The van der Waals surface area contributed by atoms with Crippen LogP contribution in [-0.4, -0.2) is 17.2 Å². The fraction of sp³-hybridized carbons (Fsp3) is 0.0476. The molecule has 0 radical (unpaired) electrons. The number of halogens is 4. The second-order valence-electron chi connectivity index (χ2n) is 6.05. The first-order chi connectivity index (χ1) is 14.3. The van der Waals surface area contributed by atoms with Gasteiger partial charge in [-0.1, -0.05) is 64.6 Å². The molecule has 0 bridgehead atoms. The summed E-state index contributed by atoms with van der Waals surface area (Å²) in [6.07, 6.45) is 1.35. The average Bonchev–Trinajstić information content (AvgIpc) is 2.71. The molecule has 30 heavy (non-hydrogen) atoms. The molecule has 0 spiro atoms. The number of phenolic OH excluding ortho intramolecular Hbond substituents is 1. The first kappa shape index (κ1) is 22.2. The van der Waals surface area contributed by atoms with Crippen molar-refractivity contribution in [2.24, 2.45) is 5.10 Å². The Bertz CT molecular complexity index is 1100. The van der Waals surface area contributed by atoms with Gasteiger partial charge in [0.05, 0.1) is 21.8 Å². The van der Waals surface area contributed by atoms with Crippen molar-refractivity contribution >= 4 is 58.5 Å². The number of carbonyl (C=O) groups is 1. The van der Waals surface area contributed by atoms with Crippen molar-refractivity contribution in [3.8, 4) is 11.5 Å². The summed E-state index contributed by atoms with van der Waals surface area (Å²) in [7, 11) is 0. The summed E-state index contributed by atoms with van der Waals surface area (Å²) in [6.45, 7) is 0.161. The van der Waals surface area contributed by atoms with Gasteiger partial charge in [0.1, 0.15) is 12.4 Å². The molecule has 0 aliphatic carbocycles. The number of carbonyl (C=O) groups excluding carboxylic acids is 1. The Morgan fingerprint density at radius 1 is 1.00 bits per heavy atom. The van der Waals surface area contributed by atoms with E-state index in [0.29, 0.717) is 26.9 Å². The summed E-state index contributed by atoms with van der Waals surface area (Å²) in [5, 5.41) is 14.6. The molecule has 0 heterocycles. The van der Waals surface area contributed by atoms with Gasteiger partial charge < -0.3 is 9.84 Å². The summed E-state index contributed by atoms with van der Waals surface area (Å²) >= 11 is 23.8. The van der Waals surface area contributed by atoms with Crippen LogP contribution in [0.2, 0.25) is 20.1 Å². The zero-order valence-corrected chi connectivity index (χ0v) is 18.2. The van der Waals surface area contributed by atoms with Crippen LogP contribution in [0.5, 0.6) is 11.5 Å². The SMILES string of the molecule is O=C(N/N=C\c1cc(Cl)c(O)c(Cl)c1)c1ccccc1OCc1ccc(Cl)cc1Cl. The molecule has 154 valence electrons. The molecule has 0 saturated heterocycles. The lowest BCUT2D eigenvalue weighted by Gasteiger charge is -2.11.